The number of carbonyl (C=O) groups excluding carboxylic acids is 1. The van der Waals surface area contributed by atoms with Gasteiger partial charge in [0.05, 0.1) is 17.1 Å². The fraction of sp³-hybridized carbons (Fsp3) is 0.118. The number of hydrogen-bond acceptors (Lipinski definition) is 3. The smallest absolute Gasteiger partial charge is 0.416 e. The standard InChI is InChI=1S/C17H12BrF3O3/c1-24-15-8-10(7-13(18)16(15)23)5-6-14(22)11-3-2-4-12(9-11)17(19,20)21/h2-9,23H,1H3. The van der Waals surface area contributed by atoms with Crippen molar-refractivity contribution in [2.24, 2.45) is 0 Å². The molecule has 0 saturated heterocycles. The number of alkyl halides is 3. The van der Waals surface area contributed by atoms with E-state index in [1.807, 2.05) is 0 Å². The van der Waals surface area contributed by atoms with Gasteiger partial charge in [-0.2, -0.15) is 13.2 Å². The van der Waals surface area contributed by atoms with Gasteiger partial charge >= 0.3 is 6.18 Å². The van der Waals surface area contributed by atoms with Gasteiger partial charge in [0.15, 0.2) is 17.3 Å². The molecular formula is C17H12BrF3O3. The minimum Gasteiger partial charge on any atom is -0.503 e. The van der Waals surface area contributed by atoms with Gasteiger partial charge in [0.25, 0.3) is 0 Å². The summed E-state index contributed by atoms with van der Waals surface area (Å²) < 4.78 is 43.4. The lowest BCUT2D eigenvalue weighted by molar-refractivity contribution is -0.137. The molecule has 2 rings (SSSR count). The van der Waals surface area contributed by atoms with Crippen LogP contribution < -0.4 is 4.74 Å². The highest BCUT2D eigenvalue weighted by molar-refractivity contribution is 9.10. The zero-order valence-corrected chi connectivity index (χ0v) is 14.0. The summed E-state index contributed by atoms with van der Waals surface area (Å²) in [6, 6.07) is 7.26. The van der Waals surface area contributed by atoms with E-state index in [-0.39, 0.29) is 17.1 Å². The van der Waals surface area contributed by atoms with E-state index in [9.17, 15) is 23.1 Å². The zero-order valence-electron chi connectivity index (χ0n) is 12.4. The third-order valence-corrected chi connectivity index (χ3v) is 3.78. The number of rotatable bonds is 4. The van der Waals surface area contributed by atoms with E-state index in [4.69, 9.17) is 4.74 Å². The van der Waals surface area contributed by atoms with Crippen LogP contribution in [0.5, 0.6) is 11.5 Å². The van der Waals surface area contributed by atoms with Crippen molar-refractivity contribution in [3.05, 3.63) is 63.6 Å². The highest BCUT2D eigenvalue weighted by Gasteiger charge is 2.30. The Morgan fingerprint density at radius 2 is 1.96 bits per heavy atom. The van der Waals surface area contributed by atoms with E-state index in [2.05, 4.69) is 15.9 Å². The summed E-state index contributed by atoms with van der Waals surface area (Å²) in [4.78, 5) is 12.1. The van der Waals surface area contributed by atoms with Crippen molar-refractivity contribution in [3.8, 4) is 11.5 Å². The van der Waals surface area contributed by atoms with E-state index in [0.29, 0.717) is 10.0 Å². The Bertz CT molecular complexity index is 798. The van der Waals surface area contributed by atoms with E-state index in [1.165, 1.54) is 31.4 Å². The van der Waals surface area contributed by atoms with Crippen LogP contribution in [0.3, 0.4) is 0 Å². The molecule has 24 heavy (non-hydrogen) atoms. The molecule has 2 aromatic carbocycles. The van der Waals surface area contributed by atoms with E-state index in [0.717, 1.165) is 18.2 Å². The molecule has 7 heteroatoms. The van der Waals surface area contributed by atoms with Gasteiger partial charge in [0, 0.05) is 5.56 Å². The number of aromatic hydroxyl groups is 1. The van der Waals surface area contributed by atoms with Gasteiger partial charge in [0.1, 0.15) is 0 Å². The second-order valence-electron chi connectivity index (χ2n) is 4.83. The lowest BCUT2D eigenvalue weighted by Crippen LogP contribution is -2.06. The minimum atomic E-state index is -4.50. The molecule has 0 radical (unpaired) electrons. The van der Waals surface area contributed by atoms with Gasteiger partial charge < -0.3 is 9.84 Å². The monoisotopic (exact) mass is 400 g/mol. The summed E-state index contributed by atoms with van der Waals surface area (Å²) >= 11 is 3.15. The molecule has 0 unspecified atom stereocenters. The number of phenols is 1. The number of phenolic OH excluding ortho intramolecular Hbond substituents is 1. The Kier molecular flexibility index (Phi) is 5.33. The quantitative estimate of drug-likeness (QED) is 0.574. The van der Waals surface area contributed by atoms with Crippen LogP contribution in [0, 0.1) is 0 Å². The normalized spacial score (nSPS) is 11.7. The topological polar surface area (TPSA) is 46.5 Å². The van der Waals surface area contributed by atoms with Gasteiger partial charge in [-0.3, -0.25) is 4.79 Å². The molecule has 0 heterocycles. The molecule has 0 saturated carbocycles. The molecule has 0 atom stereocenters. The molecule has 0 aromatic heterocycles. The minimum absolute atomic E-state index is 0.0640. The van der Waals surface area contributed by atoms with E-state index in [1.54, 1.807) is 6.07 Å². The van der Waals surface area contributed by atoms with Crippen molar-refractivity contribution in [2.75, 3.05) is 7.11 Å². The molecular weight excluding hydrogens is 389 g/mol. The second kappa shape index (κ2) is 7.09. The summed E-state index contributed by atoms with van der Waals surface area (Å²) in [6.07, 6.45) is -1.92. The Hall–Kier alpha value is -2.28. The molecule has 0 aliphatic carbocycles. The maximum Gasteiger partial charge on any atom is 0.416 e. The Morgan fingerprint density at radius 1 is 1.25 bits per heavy atom. The molecule has 0 aliphatic rings. The maximum atomic E-state index is 12.7. The molecule has 126 valence electrons. The number of halogens is 4. The average Bonchev–Trinajstić information content (AvgIpc) is 2.54. The maximum absolute atomic E-state index is 12.7. The predicted octanol–water partition coefficient (Wildman–Crippen LogP) is 5.08. The lowest BCUT2D eigenvalue weighted by atomic mass is 10.1. The van der Waals surface area contributed by atoms with Gasteiger partial charge in [-0.05, 0) is 51.8 Å². The molecule has 1 N–H and O–H groups in total. The van der Waals surface area contributed by atoms with Crippen LogP contribution in [-0.4, -0.2) is 18.0 Å². The van der Waals surface area contributed by atoms with Crippen molar-refractivity contribution in [1.29, 1.82) is 0 Å². The Labute approximate surface area is 144 Å². The number of methoxy groups -OCH3 is 1. The Balaban J connectivity index is 2.27. The number of allylic oxidation sites excluding steroid dienone is 1. The second-order valence-corrected chi connectivity index (χ2v) is 5.68. The van der Waals surface area contributed by atoms with Gasteiger partial charge in [-0.25, -0.2) is 0 Å². The van der Waals surface area contributed by atoms with Gasteiger partial charge in [-0.15, -0.1) is 0 Å². The summed E-state index contributed by atoms with van der Waals surface area (Å²) in [6.45, 7) is 0. The van der Waals surface area contributed by atoms with Gasteiger partial charge in [0.2, 0.25) is 0 Å². The summed E-state index contributed by atoms with van der Waals surface area (Å²) in [5.74, 6) is -0.446. The summed E-state index contributed by atoms with van der Waals surface area (Å²) in [7, 11) is 1.38. The zero-order chi connectivity index (χ0) is 17.9. The van der Waals surface area contributed by atoms with Crippen molar-refractivity contribution < 1.29 is 27.8 Å². The largest absolute Gasteiger partial charge is 0.503 e. The molecule has 2 aromatic rings. The van der Waals surface area contributed by atoms with Crippen LogP contribution in [0.2, 0.25) is 0 Å². The molecule has 0 amide bonds. The Morgan fingerprint density at radius 3 is 2.58 bits per heavy atom. The predicted molar refractivity (Wildman–Crippen MR) is 87.2 cm³/mol. The number of ether oxygens (including phenoxy) is 1. The number of ketones is 1. The van der Waals surface area contributed by atoms with E-state index < -0.39 is 17.5 Å². The lowest BCUT2D eigenvalue weighted by Gasteiger charge is -2.07. The molecule has 0 aliphatic heterocycles. The highest BCUT2D eigenvalue weighted by Crippen LogP contribution is 2.35. The van der Waals surface area contributed by atoms with Gasteiger partial charge in [-0.1, -0.05) is 18.2 Å². The third-order valence-electron chi connectivity index (χ3n) is 3.17. The van der Waals surface area contributed by atoms with Crippen LogP contribution in [0.15, 0.2) is 46.9 Å². The first-order valence-electron chi connectivity index (χ1n) is 6.68. The first-order chi connectivity index (χ1) is 11.2. The fourth-order valence-electron chi connectivity index (χ4n) is 1.96. The molecule has 3 nitrogen and oxygen atoms in total. The first kappa shape index (κ1) is 18.1. The number of carbonyl (C=O) groups is 1. The first-order valence-corrected chi connectivity index (χ1v) is 7.48. The van der Waals surface area contributed by atoms with Crippen LogP contribution in [0.1, 0.15) is 21.5 Å². The summed E-state index contributed by atoms with van der Waals surface area (Å²) in [5.41, 5.74) is -0.404. The molecule has 0 spiro atoms. The molecule has 0 bridgehead atoms. The SMILES string of the molecule is COc1cc(C=CC(=O)c2cccc(C(F)(F)F)c2)cc(Br)c1O. The summed E-state index contributed by atoms with van der Waals surface area (Å²) in [5, 5.41) is 9.71. The number of benzene rings is 2. The van der Waals surface area contributed by atoms with Crippen molar-refractivity contribution in [3.63, 3.8) is 0 Å². The third kappa shape index (κ3) is 4.17. The van der Waals surface area contributed by atoms with Crippen LogP contribution in [0.25, 0.3) is 6.08 Å². The van der Waals surface area contributed by atoms with E-state index >= 15 is 0 Å². The molecule has 0 fully saturated rings. The van der Waals surface area contributed by atoms with Crippen LogP contribution in [-0.2, 0) is 6.18 Å². The van der Waals surface area contributed by atoms with Crippen molar-refractivity contribution >= 4 is 27.8 Å². The van der Waals surface area contributed by atoms with Crippen molar-refractivity contribution in [2.45, 2.75) is 6.18 Å². The average molecular weight is 401 g/mol. The highest BCUT2D eigenvalue weighted by atomic mass is 79.9. The van der Waals surface area contributed by atoms with Crippen molar-refractivity contribution in [1.82, 2.24) is 0 Å². The fourth-order valence-corrected chi connectivity index (χ4v) is 2.42. The number of hydrogen-bond donors (Lipinski definition) is 1. The van der Waals surface area contributed by atoms with Crippen LogP contribution >= 0.6 is 15.9 Å². The van der Waals surface area contributed by atoms with Crippen LogP contribution in [0.4, 0.5) is 13.2 Å².